The summed E-state index contributed by atoms with van der Waals surface area (Å²) in [6, 6.07) is 7.94. The zero-order valence-corrected chi connectivity index (χ0v) is 9.46. The molecule has 1 atom stereocenters. The molecule has 0 saturated heterocycles. The zero-order chi connectivity index (χ0) is 11.5. The lowest BCUT2D eigenvalue weighted by Crippen LogP contribution is -2.06. The first-order valence-electron chi connectivity index (χ1n) is 5.34. The molecule has 16 heavy (non-hydrogen) atoms. The van der Waals surface area contributed by atoms with Crippen LogP contribution in [0.5, 0.6) is 0 Å². The summed E-state index contributed by atoms with van der Waals surface area (Å²) in [5, 5.41) is 17.7. The Morgan fingerprint density at radius 1 is 1.31 bits per heavy atom. The van der Waals surface area contributed by atoms with Crippen LogP contribution in [0.3, 0.4) is 0 Å². The Labute approximate surface area is 94.5 Å². The highest BCUT2D eigenvalue weighted by Gasteiger charge is 2.14. The minimum absolute atomic E-state index is 0.661. The van der Waals surface area contributed by atoms with Crippen molar-refractivity contribution in [1.29, 1.82) is 0 Å². The van der Waals surface area contributed by atoms with E-state index in [0.717, 1.165) is 12.0 Å². The van der Waals surface area contributed by atoms with E-state index in [9.17, 15) is 5.11 Å². The summed E-state index contributed by atoms with van der Waals surface area (Å²) in [6.45, 7) is 2.11. The van der Waals surface area contributed by atoms with Crippen LogP contribution in [0, 0.1) is 0 Å². The normalized spacial score (nSPS) is 12.7. The van der Waals surface area contributed by atoms with Crippen molar-refractivity contribution in [3.63, 3.8) is 0 Å². The average molecular weight is 217 g/mol. The van der Waals surface area contributed by atoms with Crippen LogP contribution in [0.2, 0.25) is 0 Å². The van der Waals surface area contributed by atoms with Gasteiger partial charge >= 0.3 is 0 Å². The van der Waals surface area contributed by atoms with Crippen LogP contribution in [-0.2, 0) is 13.5 Å². The summed E-state index contributed by atoms with van der Waals surface area (Å²) in [5.74, 6) is 0. The molecule has 0 aliphatic heterocycles. The summed E-state index contributed by atoms with van der Waals surface area (Å²) >= 11 is 0. The van der Waals surface area contributed by atoms with Gasteiger partial charge in [-0.05, 0) is 17.5 Å². The molecule has 0 spiro atoms. The van der Waals surface area contributed by atoms with Crippen molar-refractivity contribution in [3.8, 4) is 0 Å². The van der Waals surface area contributed by atoms with Crippen LogP contribution in [-0.4, -0.2) is 20.1 Å². The predicted molar refractivity (Wildman–Crippen MR) is 60.9 cm³/mol. The van der Waals surface area contributed by atoms with E-state index in [1.807, 2.05) is 24.3 Å². The molecule has 0 saturated carbocycles. The van der Waals surface area contributed by atoms with Crippen LogP contribution >= 0.6 is 0 Å². The molecule has 1 unspecified atom stereocenters. The van der Waals surface area contributed by atoms with Crippen molar-refractivity contribution in [2.24, 2.45) is 7.05 Å². The van der Waals surface area contributed by atoms with Crippen LogP contribution in [0.4, 0.5) is 0 Å². The maximum Gasteiger partial charge on any atom is 0.122 e. The van der Waals surface area contributed by atoms with Gasteiger partial charge in [0.15, 0.2) is 0 Å². The molecule has 2 rings (SSSR count). The first-order valence-corrected chi connectivity index (χ1v) is 5.34. The largest absolute Gasteiger partial charge is 0.382 e. The smallest absolute Gasteiger partial charge is 0.122 e. The third kappa shape index (κ3) is 1.97. The second-order valence-electron chi connectivity index (χ2n) is 3.78. The van der Waals surface area contributed by atoms with Crippen LogP contribution < -0.4 is 0 Å². The van der Waals surface area contributed by atoms with Gasteiger partial charge in [-0.25, -0.2) is 4.68 Å². The Hall–Kier alpha value is -1.68. The molecule has 0 fully saturated rings. The molecule has 4 heteroatoms. The fraction of sp³-hybridized carbons (Fsp3) is 0.333. The van der Waals surface area contributed by atoms with Crippen molar-refractivity contribution in [2.75, 3.05) is 0 Å². The van der Waals surface area contributed by atoms with E-state index in [2.05, 4.69) is 17.2 Å². The molecular weight excluding hydrogens is 202 g/mol. The lowest BCUT2D eigenvalue weighted by atomic mass is 10.0. The van der Waals surface area contributed by atoms with Gasteiger partial charge in [0.1, 0.15) is 6.10 Å². The summed E-state index contributed by atoms with van der Waals surface area (Å²) in [5.41, 5.74) is 2.82. The summed E-state index contributed by atoms with van der Waals surface area (Å²) in [6.07, 6.45) is 1.92. The molecule has 84 valence electrons. The monoisotopic (exact) mass is 217 g/mol. The first-order chi connectivity index (χ1) is 7.72. The summed E-state index contributed by atoms with van der Waals surface area (Å²) < 4.78 is 1.58. The fourth-order valence-electron chi connectivity index (χ4n) is 1.65. The van der Waals surface area contributed by atoms with Crippen molar-refractivity contribution in [3.05, 3.63) is 47.3 Å². The van der Waals surface area contributed by atoms with E-state index in [-0.39, 0.29) is 0 Å². The lowest BCUT2D eigenvalue weighted by molar-refractivity contribution is 0.209. The number of aliphatic hydroxyl groups is 1. The number of aromatic nitrogens is 3. The molecule has 2 aromatic rings. The molecule has 0 aliphatic rings. The van der Waals surface area contributed by atoms with Gasteiger partial charge in [0, 0.05) is 7.05 Å². The molecule has 1 heterocycles. The number of benzene rings is 1. The van der Waals surface area contributed by atoms with Gasteiger partial charge in [-0.2, -0.15) is 0 Å². The number of nitrogens with zero attached hydrogens (tertiary/aromatic N) is 3. The number of hydrogen-bond donors (Lipinski definition) is 1. The molecule has 0 bridgehead atoms. The van der Waals surface area contributed by atoms with Gasteiger partial charge < -0.3 is 5.11 Å². The van der Waals surface area contributed by atoms with Crippen LogP contribution in [0.1, 0.15) is 29.8 Å². The molecule has 1 N–H and O–H groups in total. The molecule has 0 amide bonds. The molecule has 1 aromatic heterocycles. The molecular formula is C12H15N3O. The predicted octanol–water partition coefficient (Wildman–Crippen LogP) is 1.46. The number of hydrogen-bond acceptors (Lipinski definition) is 3. The second-order valence-corrected chi connectivity index (χ2v) is 3.78. The van der Waals surface area contributed by atoms with Gasteiger partial charge in [0.2, 0.25) is 0 Å². The average Bonchev–Trinajstić information content (AvgIpc) is 2.75. The van der Waals surface area contributed by atoms with Crippen LogP contribution in [0.25, 0.3) is 0 Å². The summed E-state index contributed by atoms with van der Waals surface area (Å²) in [4.78, 5) is 0. The van der Waals surface area contributed by atoms with Gasteiger partial charge in [-0.1, -0.05) is 36.4 Å². The number of aliphatic hydroxyl groups excluding tert-OH is 1. The summed E-state index contributed by atoms with van der Waals surface area (Å²) in [7, 11) is 1.77. The van der Waals surface area contributed by atoms with Gasteiger partial charge in [0.05, 0.1) is 11.9 Å². The minimum Gasteiger partial charge on any atom is -0.382 e. The standard InChI is InChI=1S/C12H15N3O/c1-3-9-4-6-10(7-5-9)12(16)11-8-13-14-15(11)2/h4-8,12,16H,3H2,1-2H3. The Balaban J connectivity index is 2.27. The molecule has 1 aromatic carbocycles. The van der Waals surface area contributed by atoms with E-state index in [1.165, 1.54) is 5.56 Å². The Bertz CT molecular complexity index is 461. The highest BCUT2D eigenvalue weighted by atomic mass is 16.3. The van der Waals surface area contributed by atoms with Crippen molar-refractivity contribution in [1.82, 2.24) is 15.0 Å². The zero-order valence-electron chi connectivity index (χ0n) is 9.46. The van der Waals surface area contributed by atoms with E-state index in [0.29, 0.717) is 5.69 Å². The SMILES string of the molecule is CCc1ccc(C(O)c2cnnn2C)cc1. The second kappa shape index (κ2) is 4.45. The van der Waals surface area contributed by atoms with E-state index in [4.69, 9.17) is 0 Å². The van der Waals surface area contributed by atoms with E-state index >= 15 is 0 Å². The van der Waals surface area contributed by atoms with Gasteiger partial charge in [-0.15, -0.1) is 5.10 Å². The fourth-order valence-corrected chi connectivity index (χ4v) is 1.65. The molecule has 0 aliphatic carbocycles. The minimum atomic E-state index is -0.661. The van der Waals surface area contributed by atoms with Crippen molar-refractivity contribution in [2.45, 2.75) is 19.4 Å². The lowest BCUT2D eigenvalue weighted by Gasteiger charge is -2.10. The van der Waals surface area contributed by atoms with Crippen LogP contribution in [0.15, 0.2) is 30.5 Å². The highest BCUT2D eigenvalue weighted by Crippen LogP contribution is 2.20. The Kier molecular flexibility index (Phi) is 3.01. The van der Waals surface area contributed by atoms with E-state index in [1.54, 1.807) is 17.9 Å². The third-order valence-corrected chi connectivity index (χ3v) is 2.73. The topological polar surface area (TPSA) is 50.9 Å². The number of rotatable bonds is 3. The van der Waals surface area contributed by atoms with Gasteiger partial charge in [0.25, 0.3) is 0 Å². The highest BCUT2D eigenvalue weighted by molar-refractivity contribution is 5.28. The van der Waals surface area contributed by atoms with Gasteiger partial charge in [-0.3, -0.25) is 0 Å². The molecule has 4 nitrogen and oxygen atoms in total. The Morgan fingerprint density at radius 2 is 2.00 bits per heavy atom. The third-order valence-electron chi connectivity index (χ3n) is 2.73. The van der Waals surface area contributed by atoms with Crippen molar-refractivity contribution < 1.29 is 5.11 Å². The van der Waals surface area contributed by atoms with Crippen molar-refractivity contribution >= 4 is 0 Å². The number of aryl methyl sites for hydroxylation is 2. The Morgan fingerprint density at radius 3 is 2.50 bits per heavy atom. The first kappa shape index (κ1) is 10.8. The maximum atomic E-state index is 10.1. The maximum absolute atomic E-state index is 10.1. The quantitative estimate of drug-likeness (QED) is 0.846. The van der Waals surface area contributed by atoms with E-state index < -0.39 is 6.10 Å². The molecule has 0 radical (unpaired) electrons.